The number of thiazole rings is 1. The van der Waals surface area contributed by atoms with Gasteiger partial charge >= 0.3 is 6.16 Å². The molecule has 0 radical (unpaired) electrons. The molecular formula is C22H28N4O3S. The Kier molecular flexibility index (Phi) is 5.60. The van der Waals surface area contributed by atoms with E-state index >= 15 is 0 Å². The molecule has 1 aliphatic carbocycles. The van der Waals surface area contributed by atoms with Crippen molar-refractivity contribution in [3.8, 4) is 5.88 Å². The van der Waals surface area contributed by atoms with Crippen LogP contribution in [-0.4, -0.2) is 58.4 Å². The van der Waals surface area contributed by atoms with Gasteiger partial charge in [0, 0.05) is 55.5 Å². The molecular weight excluding hydrogens is 400 g/mol. The van der Waals surface area contributed by atoms with E-state index in [-0.39, 0.29) is 5.88 Å². The Balaban J connectivity index is 1.17. The van der Waals surface area contributed by atoms with Crippen molar-refractivity contribution in [2.24, 2.45) is 0 Å². The Morgan fingerprint density at radius 2 is 1.90 bits per heavy atom. The summed E-state index contributed by atoms with van der Waals surface area (Å²) in [5.41, 5.74) is 2.37. The van der Waals surface area contributed by atoms with Crippen LogP contribution in [0.1, 0.15) is 53.6 Å². The number of aromatic nitrogens is 2. The van der Waals surface area contributed by atoms with Gasteiger partial charge in [-0.15, -0.1) is 11.3 Å². The van der Waals surface area contributed by atoms with Crippen LogP contribution >= 0.6 is 11.3 Å². The van der Waals surface area contributed by atoms with Crippen LogP contribution in [0.3, 0.4) is 0 Å². The van der Waals surface area contributed by atoms with Gasteiger partial charge in [-0.25, -0.2) is 14.8 Å². The molecule has 0 bridgehead atoms. The standard InChI is InChI=1S/C22H28N4O3S/c27-22(28)29-20-5-4-17(14-23-20)26-10-6-15(7-11-26)21-24-18-8-12-25(16-2-1-3-16)13-9-19(18)30-21/h4-5,14-16H,1-3,6-13H2,(H,27,28). The Bertz CT molecular complexity index is 863. The largest absolute Gasteiger partial charge is 0.512 e. The lowest BCUT2D eigenvalue weighted by Gasteiger charge is -2.36. The topological polar surface area (TPSA) is 78.8 Å². The number of hydrogen-bond donors (Lipinski definition) is 1. The molecule has 0 amide bonds. The molecule has 0 spiro atoms. The first-order valence-corrected chi connectivity index (χ1v) is 11.8. The van der Waals surface area contributed by atoms with Crippen molar-refractivity contribution in [2.75, 3.05) is 31.1 Å². The van der Waals surface area contributed by atoms with Gasteiger partial charge in [-0.05, 0) is 38.2 Å². The van der Waals surface area contributed by atoms with Crippen molar-refractivity contribution in [1.29, 1.82) is 0 Å². The molecule has 2 aromatic heterocycles. The maximum absolute atomic E-state index is 10.6. The highest BCUT2D eigenvalue weighted by Crippen LogP contribution is 2.36. The summed E-state index contributed by atoms with van der Waals surface area (Å²) in [6.07, 6.45) is 8.98. The number of nitrogens with zero attached hydrogens (tertiary/aromatic N) is 4. The van der Waals surface area contributed by atoms with Crippen molar-refractivity contribution in [3.63, 3.8) is 0 Å². The molecule has 1 saturated heterocycles. The van der Waals surface area contributed by atoms with Gasteiger partial charge < -0.3 is 14.7 Å². The fourth-order valence-electron chi connectivity index (χ4n) is 4.79. The summed E-state index contributed by atoms with van der Waals surface area (Å²) in [5.74, 6) is 0.657. The van der Waals surface area contributed by atoms with E-state index in [1.54, 1.807) is 12.3 Å². The SMILES string of the molecule is O=C(O)Oc1ccc(N2CCC(c3nc4c(s3)CCN(C3CCC3)CC4)CC2)cn1. The molecule has 4 heterocycles. The second-order valence-electron chi connectivity index (χ2n) is 8.53. The fourth-order valence-corrected chi connectivity index (χ4v) is 6.06. The third kappa shape index (κ3) is 4.16. The Labute approximate surface area is 180 Å². The van der Waals surface area contributed by atoms with Crippen LogP contribution in [0.2, 0.25) is 0 Å². The molecule has 5 rings (SSSR count). The molecule has 0 atom stereocenters. The van der Waals surface area contributed by atoms with Crippen molar-refractivity contribution in [2.45, 2.75) is 56.9 Å². The molecule has 30 heavy (non-hydrogen) atoms. The van der Waals surface area contributed by atoms with Gasteiger partial charge in [-0.1, -0.05) is 6.42 Å². The van der Waals surface area contributed by atoms with Crippen LogP contribution in [-0.2, 0) is 12.8 Å². The molecule has 8 heteroatoms. The van der Waals surface area contributed by atoms with E-state index in [0.717, 1.165) is 44.1 Å². The number of pyridine rings is 1. The van der Waals surface area contributed by atoms with Gasteiger partial charge in [-0.3, -0.25) is 4.90 Å². The molecule has 0 unspecified atom stereocenters. The lowest BCUT2D eigenvalue weighted by molar-refractivity contribution is 0.133. The Morgan fingerprint density at radius 3 is 2.57 bits per heavy atom. The predicted octanol–water partition coefficient (Wildman–Crippen LogP) is 3.93. The van der Waals surface area contributed by atoms with E-state index in [1.807, 2.05) is 17.4 Å². The molecule has 2 aromatic rings. The monoisotopic (exact) mass is 428 g/mol. The van der Waals surface area contributed by atoms with Crippen LogP contribution in [0.4, 0.5) is 10.5 Å². The van der Waals surface area contributed by atoms with E-state index in [0.29, 0.717) is 5.92 Å². The zero-order valence-electron chi connectivity index (χ0n) is 17.1. The first-order valence-electron chi connectivity index (χ1n) is 11.0. The van der Waals surface area contributed by atoms with E-state index < -0.39 is 6.16 Å². The van der Waals surface area contributed by atoms with E-state index in [1.165, 1.54) is 54.4 Å². The lowest BCUT2D eigenvalue weighted by atomic mass is 9.91. The summed E-state index contributed by atoms with van der Waals surface area (Å²) >= 11 is 1.96. The van der Waals surface area contributed by atoms with Crippen molar-refractivity contribution in [1.82, 2.24) is 14.9 Å². The molecule has 0 aromatic carbocycles. The molecule has 1 N–H and O–H groups in total. The number of carbonyl (C=O) groups is 1. The number of hydrogen-bond acceptors (Lipinski definition) is 7. The predicted molar refractivity (Wildman–Crippen MR) is 116 cm³/mol. The smallest absolute Gasteiger partial charge is 0.449 e. The van der Waals surface area contributed by atoms with E-state index in [9.17, 15) is 4.79 Å². The quantitative estimate of drug-likeness (QED) is 0.739. The summed E-state index contributed by atoms with van der Waals surface area (Å²) in [4.78, 5) is 26.3. The van der Waals surface area contributed by atoms with Crippen molar-refractivity contribution < 1.29 is 14.6 Å². The first-order chi connectivity index (χ1) is 14.7. The fraction of sp³-hybridized carbons (Fsp3) is 0.591. The van der Waals surface area contributed by atoms with Crippen LogP contribution in [0.25, 0.3) is 0 Å². The van der Waals surface area contributed by atoms with Gasteiger partial charge in [0.1, 0.15) is 0 Å². The number of piperidine rings is 1. The van der Waals surface area contributed by atoms with Gasteiger partial charge in [0.15, 0.2) is 0 Å². The summed E-state index contributed by atoms with van der Waals surface area (Å²) in [5, 5.41) is 10.0. The number of anilines is 1. The van der Waals surface area contributed by atoms with Crippen molar-refractivity contribution >= 4 is 23.2 Å². The minimum Gasteiger partial charge on any atom is -0.449 e. The molecule has 2 fully saturated rings. The minimum atomic E-state index is -1.34. The lowest BCUT2D eigenvalue weighted by Crippen LogP contribution is -2.41. The van der Waals surface area contributed by atoms with Crippen LogP contribution in [0, 0.1) is 0 Å². The Hall–Kier alpha value is -2.19. The zero-order valence-corrected chi connectivity index (χ0v) is 17.9. The molecule has 160 valence electrons. The van der Waals surface area contributed by atoms with Crippen LogP contribution in [0.15, 0.2) is 18.3 Å². The first kappa shape index (κ1) is 19.8. The third-order valence-electron chi connectivity index (χ3n) is 6.77. The number of rotatable bonds is 4. The van der Waals surface area contributed by atoms with Gasteiger partial charge in [0.25, 0.3) is 0 Å². The average Bonchev–Trinajstić information content (AvgIpc) is 3.03. The summed E-state index contributed by atoms with van der Waals surface area (Å²) in [6, 6.07) is 4.33. The van der Waals surface area contributed by atoms with Crippen LogP contribution in [0.5, 0.6) is 5.88 Å². The van der Waals surface area contributed by atoms with Crippen molar-refractivity contribution in [3.05, 3.63) is 33.9 Å². The highest BCUT2D eigenvalue weighted by atomic mass is 32.1. The van der Waals surface area contributed by atoms with Crippen LogP contribution < -0.4 is 9.64 Å². The molecule has 1 saturated carbocycles. The van der Waals surface area contributed by atoms with Gasteiger partial charge in [0.2, 0.25) is 5.88 Å². The summed E-state index contributed by atoms with van der Waals surface area (Å²) in [7, 11) is 0. The summed E-state index contributed by atoms with van der Waals surface area (Å²) < 4.78 is 4.59. The van der Waals surface area contributed by atoms with E-state index in [4.69, 9.17) is 10.1 Å². The highest BCUT2D eigenvalue weighted by Gasteiger charge is 2.29. The molecule has 7 nitrogen and oxygen atoms in total. The average molecular weight is 429 g/mol. The van der Waals surface area contributed by atoms with Gasteiger partial charge in [-0.2, -0.15) is 0 Å². The summed E-state index contributed by atoms with van der Waals surface area (Å²) in [6.45, 7) is 4.30. The second kappa shape index (κ2) is 8.51. The maximum atomic E-state index is 10.6. The highest BCUT2D eigenvalue weighted by molar-refractivity contribution is 7.11. The second-order valence-corrected chi connectivity index (χ2v) is 9.64. The zero-order chi connectivity index (χ0) is 20.5. The maximum Gasteiger partial charge on any atom is 0.512 e. The molecule has 2 aliphatic heterocycles. The third-order valence-corrected chi connectivity index (χ3v) is 8.09. The normalized spacial score (nSPS) is 21.0. The number of carboxylic acid groups (broad SMARTS) is 1. The number of fused-ring (bicyclic) bond motifs is 1. The number of ether oxygens (including phenoxy) is 1. The minimum absolute atomic E-state index is 0.112. The van der Waals surface area contributed by atoms with E-state index in [2.05, 4.69) is 19.5 Å². The molecule has 3 aliphatic rings. The Morgan fingerprint density at radius 1 is 1.10 bits per heavy atom. The van der Waals surface area contributed by atoms with Gasteiger partial charge in [0.05, 0.1) is 22.6 Å².